The van der Waals surface area contributed by atoms with Crippen LogP contribution in [0.3, 0.4) is 0 Å². The van der Waals surface area contributed by atoms with Crippen LogP contribution < -0.4 is 11.1 Å². The number of carbonyl (C=O) groups is 1. The standard InChI is InChI=1S/C22H29N3O/c23-21(19-11-5-2-6-12-19)15-22(26)24-16-20-13-7-8-14-25(20)17-18-9-3-1-4-10-18/h1-6,9-12,20-21H,7-8,13-17,23H2,(H,24,26). The molecule has 1 aliphatic heterocycles. The highest BCUT2D eigenvalue weighted by Gasteiger charge is 2.23. The number of nitrogens with two attached hydrogens (primary N) is 1. The molecule has 1 saturated heterocycles. The fourth-order valence-corrected chi connectivity index (χ4v) is 3.64. The summed E-state index contributed by atoms with van der Waals surface area (Å²) in [5.41, 5.74) is 8.50. The van der Waals surface area contributed by atoms with E-state index in [0.29, 0.717) is 19.0 Å². The fraction of sp³-hybridized carbons (Fsp3) is 0.409. The summed E-state index contributed by atoms with van der Waals surface area (Å²) in [7, 11) is 0. The minimum atomic E-state index is -0.247. The summed E-state index contributed by atoms with van der Waals surface area (Å²) in [6, 6.07) is 20.5. The lowest BCUT2D eigenvalue weighted by atomic mass is 10.0. The number of amides is 1. The molecule has 0 radical (unpaired) electrons. The van der Waals surface area contributed by atoms with Crippen molar-refractivity contribution in [1.29, 1.82) is 0 Å². The molecular formula is C22H29N3O. The van der Waals surface area contributed by atoms with E-state index < -0.39 is 0 Å². The van der Waals surface area contributed by atoms with Gasteiger partial charge >= 0.3 is 0 Å². The zero-order valence-corrected chi connectivity index (χ0v) is 15.3. The monoisotopic (exact) mass is 351 g/mol. The molecule has 0 bridgehead atoms. The number of piperidine rings is 1. The molecule has 1 amide bonds. The van der Waals surface area contributed by atoms with Crippen LogP contribution in [-0.4, -0.2) is 29.9 Å². The summed E-state index contributed by atoms with van der Waals surface area (Å²) < 4.78 is 0. The van der Waals surface area contributed by atoms with Crippen LogP contribution in [0, 0.1) is 0 Å². The number of hydrogen-bond donors (Lipinski definition) is 2. The Hall–Kier alpha value is -2.17. The molecule has 0 aromatic heterocycles. The third-order valence-electron chi connectivity index (χ3n) is 5.15. The third-order valence-corrected chi connectivity index (χ3v) is 5.15. The van der Waals surface area contributed by atoms with Crippen LogP contribution in [0.5, 0.6) is 0 Å². The Morgan fingerprint density at radius 1 is 1.08 bits per heavy atom. The third kappa shape index (κ3) is 5.41. The first-order valence-corrected chi connectivity index (χ1v) is 9.57. The van der Waals surface area contributed by atoms with E-state index in [1.165, 1.54) is 18.4 Å². The first-order valence-electron chi connectivity index (χ1n) is 9.57. The van der Waals surface area contributed by atoms with E-state index in [1.807, 2.05) is 36.4 Å². The van der Waals surface area contributed by atoms with E-state index in [4.69, 9.17) is 5.73 Å². The van der Waals surface area contributed by atoms with E-state index in [1.54, 1.807) is 0 Å². The Kier molecular flexibility index (Phi) is 6.81. The second-order valence-electron chi connectivity index (χ2n) is 7.13. The van der Waals surface area contributed by atoms with E-state index >= 15 is 0 Å². The van der Waals surface area contributed by atoms with Gasteiger partial charge in [0.1, 0.15) is 0 Å². The lowest BCUT2D eigenvalue weighted by molar-refractivity contribution is -0.121. The summed E-state index contributed by atoms with van der Waals surface area (Å²) in [4.78, 5) is 14.8. The van der Waals surface area contributed by atoms with Crippen LogP contribution >= 0.6 is 0 Å². The van der Waals surface area contributed by atoms with E-state index in [0.717, 1.165) is 25.1 Å². The van der Waals surface area contributed by atoms with Gasteiger partial charge in [-0.2, -0.15) is 0 Å². The Morgan fingerprint density at radius 2 is 1.77 bits per heavy atom. The average Bonchev–Trinajstić information content (AvgIpc) is 2.69. The number of likely N-dealkylation sites (tertiary alicyclic amines) is 1. The quantitative estimate of drug-likeness (QED) is 0.805. The Balaban J connectivity index is 1.49. The van der Waals surface area contributed by atoms with Crippen molar-refractivity contribution in [2.75, 3.05) is 13.1 Å². The number of hydrogen-bond acceptors (Lipinski definition) is 3. The lowest BCUT2D eigenvalue weighted by Gasteiger charge is -2.36. The maximum atomic E-state index is 12.3. The molecule has 1 heterocycles. The summed E-state index contributed by atoms with van der Waals surface area (Å²) in [5.74, 6) is 0.0339. The van der Waals surface area contributed by atoms with Crippen molar-refractivity contribution in [2.24, 2.45) is 5.73 Å². The summed E-state index contributed by atoms with van der Waals surface area (Å²) in [5, 5.41) is 3.11. The van der Waals surface area contributed by atoms with Crippen molar-refractivity contribution in [3.05, 3.63) is 71.8 Å². The van der Waals surface area contributed by atoms with Gasteiger partial charge in [-0.25, -0.2) is 0 Å². The summed E-state index contributed by atoms with van der Waals surface area (Å²) in [6.45, 7) is 2.75. The Labute approximate surface area is 156 Å². The molecule has 3 N–H and O–H groups in total. The van der Waals surface area contributed by atoms with Crippen molar-refractivity contribution in [3.63, 3.8) is 0 Å². The van der Waals surface area contributed by atoms with Crippen molar-refractivity contribution in [3.8, 4) is 0 Å². The SMILES string of the molecule is NC(CC(=O)NCC1CCCCN1Cc1ccccc1)c1ccccc1. The fourth-order valence-electron chi connectivity index (χ4n) is 3.64. The first kappa shape index (κ1) is 18.6. The number of carbonyl (C=O) groups excluding carboxylic acids is 1. The predicted molar refractivity (Wildman–Crippen MR) is 105 cm³/mol. The van der Waals surface area contributed by atoms with Gasteiger partial charge in [-0.1, -0.05) is 67.1 Å². The molecule has 26 heavy (non-hydrogen) atoms. The maximum Gasteiger partial charge on any atom is 0.221 e. The van der Waals surface area contributed by atoms with Crippen LogP contribution in [0.2, 0.25) is 0 Å². The average molecular weight is 351 g/mol. The molecule has 3 rings (SSSR count). The molecule has 0 saturated carbocycles. The molecule has 0 spiro atoms. The molecule has 1 fully saturated rings. The molecule has 4 heteroatoms. The summed E-state index contributed by atoms with van der Waals surface area (Å²) in [6.07, 6.45) is 3.93. The Bertz CT molecular complexity index is 674. The molecule has 0 aliphatic carbocycles. The van der Waals surface area contributed by atoms with Gasteiger partial charge in [0.25, 0.3) is 0 Å². The van der Waals surface area contributed by atoms with Gasteiger partial charge in [-0.05, 0) is 30.5 Å². The highest BCUT2D eigenvalue weighted by Crippen LogP contribution is 2.19. The van der Waals surface area contributed by atoms with Gasteiger partial charge in [-0.3, -0.25) is 9.69 Å². The zero-order chi connectivity index (χ0) is 18.2. The van der Waals surface area contributed by atoms with Crippen molar-refractivity contribution < 1.29 is 4.79 Å². The maximum absolute atomic E-state index is 12.3. The van der Waals surface area contributed by atoms with Gasteiger partial charge in [0.2, 0.25) is 5.91 Å². The Morgan fingerprint density at radius 3 is 2.50 bits per heavy atom. The van der Waals surface area contributed by atoms with E-state index in [9.17, 15) is 4.79 Å². The molecule has 2 atom stereocenters. The highest BCUT2D eigenvalue weighted by molar-refractivity contribution is 5.76. The van der Waals surface area contributed by atoms with Crippen LogP contribution in [0.25, 0.3) is 0 Å². The number of benzene rings is 2. The minimum absolute atomic E-state index is 0.0339. The topological polar surface area (TPSA) is 58.4 Å². The van der Waals surface area contributed by atoms with Crippen LogP contribution in [0.15, 0.2) is 60.7 Å². The van der Waals surface area contributed by atoms with Crippen LogP contribution in [-0.2, 0) is 11.3 Å². The van der Waals surface area contributed by atoms with Crippen molar-refractivity contribution >= 4 is 5.91 Å². The van der Waals surface area contributed by atoms with Crippen LogP contribution in [0.4, 0.5) is 0 Å². The van der Waals surface area contributed by atoms with Crippen molar-refractivity contribution in [2.45, 2.75) is 44.3 Å². The second-order valence-corrected chi connectivity index (χ2v) is 7.13. The van der Waals surface area contributed by atoms with Gasteiger partial charge in [-0.15, -0.1) is 0 Å². The number of rotatable bonds is 7. The van der Waals surface area contributed by atoms with Gasteiger partial charge < -0.3 is 11.1 Å². The second kappa shape index (κ2) is 9.51. The molecule has 4 nitrogen and oxygen atoms in total. The first-order chi connectivity index (χ1) is 12.7. The molecular weight excluding hydrogens is 322 g/mol. The number of nitrogens with zero attached hydrogens (tertiary/aromatic N) is 1. The van der Waals surface area contributed by atoms with Gasteiger partial charge in [0, 0.05) is 31.6 Å². The minimum Gasteiger partial charge on any atom is -0.354 e. The predicted octanol–water partition coefficient (Wildman–Crippen LogP) is 3.25. The largest absolute Gasteiger partial charge is 0.354 e. The van der Waals surface area contributed by atoms with Gasteiger partial charge in [0.05, 0.1) is 0 Å². The smallest absolute Gasteiger partial charge is 0.221 e. The van der Waals surface area contributed by atoms with E-state index in [-0.39, 0.29) is 11.9 Å². The van der Waals surface area contributed by atoms with Crippen molar-refractivity contribution in [1.82, 2.24) is 10.2 Å². The summed E-state index contributed by atoms with van der Waals surface area (Å²) >= 11 is 0. The number of nitrogens with one attached hydrogen (secondary N) is 1. The van der Waals surface area contributed by atoms with E-state index in [2.05, 4.69) is 34.5 Å². The molecule has 1 aliphatic rings. The zero-order valence-electron chi connectivity index (χ0n) is 15.3. The molecule has 2 unspecified atom stereocenters. The molecule has 2 aromatic carbocycles. The highest BCUT2D eigenvalue weighted by atomic mass is 16.1. The lowest BCUT2D eigenvalue weighted by Crippen LogP contribution is -2.46. The molecule has 138 valence electrons. The normalized spacial score (nSPS) is 19.0. The van der Waals surface area contributed by atoms with Crippen LogP contribution in [0.1, 0.15) is 42.9 Å². The molecule has 2 aromatic rings. The van der Waals surface area contributed by atoms with Gasteiger partial charge in [0.15, 0.2) is 0 Å².